The SMILES string of the molecule is Cc1cccc(S(=O)(=O)NCC2CCC(CN=C(N)N)CC2)c1. The quantitative estimate of drug-likeness (QED) is 0.537. The molecular formula is C16H26N4O2S. The molecule has 0 unspecified atom stereocenters. The van der Waals surface area contributed by atoms with Gasteiger partial charge in [0.2, 0.25) is 10.0 Å². The molecule has 0 aromatic heterocycles. The Morgan fingerprint density at radius 3 is 2.48 bits per heavy atom. The van der Waals surface area contributed by atoms with Crippen LogP contribution in [0.2, 0.25) is 0 Å². The fraction of sp³-hybridized carbons (Fsp3) is 0.562. The summed E-state index contributed by atoms with van der Waals surface area (Å²) in [6.45, 7) is 3.05. The van der Waals surface area contributed by atoms with E-state index in [4.69, 9.17) is 11.5 Å². The molecule has 0 saturated heterocycles. The molecule has 128 valence electrons. The van der Waals surface area contributed by atoms with Crippen molar-refractivity contribution in [2.75, 3.05) is 13.1 Å². The van der Waals surface area contributed by atoms with Gasteiger partial charge in [-0.3, -0.25) is 4.99 Å². The second kappa shape index (κ2) is 7.79. The number of benzene rings is 1. The Bertz CT molecular complexity index is 646. The topological polar surface area (TPSA) is 111 Å². The molecule has 5 N–H and O–H groups in total. The van der Waals surface area contributed by atoms with E-state index in [2.05, 4.69) is 9.71 Å². The summed E-state index contributed by atoms with van der Waals surface area (Å²) in [6, 6.07) is 6.96. The first-order valence-electron chi connectivity index (χ1n) is 7.98. The Balaban J connectivity index is 1.82. The van der Waals surface area contributed by atoms with E-state index in [9.17, 15) is 8.42 Å². The fourth-order valence-electron chi connectivity index (χ4n) is 2.95. The van der Waals surface area contributed by atoms with Gasteiger partial charge in [-0.15, -0.1) is 0 Å². The molecule has 0 aliphatic heterocycles. The van der Waals surface area contributed by atoms with Gasteiger partial charge in [0.15, 0.2) is 5.96 Å². The first-order valence-corrected chi connectivity index (χ1v) is 9.47. The second-order valence-electron chi connectivity index (χ2n) is 6.32. The highest BCUT2D eigenvalue weighted by Gasteiger charge is 2.23. The Kier molecular flexibility index (Phi) is 6.01. The zero-order chi connectivity index (χ0) is 16.9. The third-order valence-corrected chi connectivity index (χ3v) is 5.78. The van der Waals surface area contributed by atoms with Gasteiger partial charge >= 0.3 is 0 Å². The number of guanidine groups is 1. The lowest BCUT2D eigenvalue weighted by molar-refractivity contribution is 0.280. The zero-order valence-corrected chi connectivity index (χ0v) is 14.3. The molecule has 1 fully saturated rings. The van der Waals surface area contributed by atoms with Crippen LogP contribution in [0.5, 0.6) is 0 Å². The summed E-state index contributed by atoms with van der Waals surface area (Å²) in [5, 5.41) is 0. The van der Waals surface area contributed by atoms with Crippen LogP contribution in [0.1, 0.15) is 31.2 Å². The molecule has 1 aromatic rings. The van der Waals surface area contributed by atoms with E-state index in [0.29, 0.717) is 29.8 Å². The number of hydrogen-bond acceptors (Lipinski definition) is 3. The lowest BCUT2D eigenvalue weighted by Crippen LogP contribution is -2.32. The number of rotatable bonds is 6. The van der Waals surface area contributed by atoms with Crippen LogP contribution in [-0.4, -0.2) is 27.5 Å². The van der Waals surface area contributed by atoms with E-state index in [1.165, 1.54) is 0 Å². The van der Waals surface area contributed by atoms with Crippen molar-refractivity contribution in [1.82, 2.24) is 4.72 Å². The van der Waals surface area contributed by atoms with Crippen molar-refractivity contribution in [2.24, 2.45) is 28.3 Å². The minimum Gasteiger partial charge on any atom is -0.370 e. The monoisotopic (exact) mass is 338 g/mol. The smallest absolute Gasteiger partial charge is 0.240 e. The van der Waals surface area contributed by atoms with Crippen molar-refractivity contribution in [1.29, 1.82) is 0 Å². The molecule has 6 nitrogen and oxygen atoms in total. The summed E-state index contributed by atoms with van der Waals surface area (Å²) >= 11 is 0. The highest BCUT2D eigenvalue weighted by Crippen LogP contribution is 2.28. The standard InChI is InChI=1S/C16H26N4O2S/c1-12-3-2-4-15(9-12)23(21,22)20-11-14-7-5-13(6-8-14)10-19-16(17)18/h2-4,9,13-14,20H,5-8,10-11H2,1H3,(H4,17,18,19). The molecule has 0 radical (unpaired) electrons. The molecule has 2 rings (SSSR count). The summed E-state index contributed by atoms with van der Waals surface area (Å²) in [6.07, 6.45) is 4.07. The molecule has 0 heterocycles. The van der Waals surface area contributed by atoms with E-state index >= 15 is 0 Å². The van der Waals surface area contributed by atoms with Crippen molar-refractivity contribution >= 4 is 16.0 Å². The summed E-state index contributed by atoms with van der Waals surface area (Å²) in [4.78, 5) is 4.40. The van der Waals surface area contributed by atoms with Crippen LogP contribution in [0.25, 0.3) is 0 Å². The van der Waals surface area contributed by atoms with Gasteiger partial charge in [-0.05, 0) is 62.1 Å². The van der Waals surface area contributed by atoms with Crippen LogP contribution < -0.4 is 16.2 Å². The molecule has 7 heteroatoms. The van der Waals surface area contributed by atoms with Crippen LogP contribution in [0.15, 0.2) is 34.2 Å². The van der Waals surface area contributed by atoms with Crippen molar-refractivity contribution in [2.45, 2.75) is 37.5 Å². The number of sulfonamides is 1. The van der Waals surface area contributed by atoms with Gasteiger partial charge in [-0.2, -0.15) is 0 Å². The third kappa shape index (κ3) is 5.51. The van der Waals surface area contributed by atoms with Crippen LogP contribution in [0, 0.1) is 18.8 Å². The minimum absolute atomic E-state index is 0.137. The highest BCUT2D eigenvalue weighted by atomic mass is 32.2. The fourth-order valence-corrected chi connectivity index (χ4v) is 4.17. The van der Waals surface area contributed by atoms with Crippen molar-refractivity contribution in [3.05, 3.63) is 29.8 Å². The van der Waals surface area contributed by atoms with Crippen molar-refractivity contribution in [3.63, 3.8) is 0 Å². The maximum atomic E-state index is 12.3. The van der Waals surface area contributed by atoms with E-state index in [1.54, 1.807) is 18.2 Å². The Hall–Kier alpha value is -1.60. The number of aryl methyl sites for hydroxylation is 1. The molecular weight excluding hydrogens is 312 g/mol. The van der Waals surface area contributed by atoms with E-state index in [1.807, 2.05) is 13.0 Å². The van der Waals surface area contributed by atoms with Gasteiger partial charge in [0.05, 0.1) is 4.90 Å². The molecule has 0 bridgehead atoms. The van der Waals surface area contributed by atoms with Gasteiger partial charge in [0.1, 0.15) is 0 Å². The number of hydrogen-bond donors (Lipinski definition) is 3. The average molecular weight is 338 g/mol. The largest absolute Gasteiger partial charge is 0.370 e. The average Bonchev–Trinajstić information content (AvgIpc) is 2.52. The molecule has 1 aliphatic rings. The lowest BCUT2D eigenvalue weighted by atomic mass is 9.82. The van der Waals surface area contributed by atoms with Crippen LogP contribution >= 0.6 is 0 Å². The van der Waals surface area contributed by atoms with E-state index in [0.717, 1.165) is 31.2 Å². The van der Waals surface area contributed by atoms with Crippen molar-refractivity contribution in [3.8, 4) is 0 Å². The first kappa shape index (κ1) is 17.7. The summed E-state index contributed by atoms with van der Waals surface area (Å²) in [5.74, 6) is 1.02. The maximum absolute atomic E-state index is 12.3. The third-order valence-electron chi connectivity index (χ3n) is 4.36. The zero-order valence-electron chi connectivity index (χ0n) is 13.5. The Labute approximate surface area is 138 Å². The number of aliphatic imine (C=N–C) groups is 1. The van der Waals surface area contributed by atoms with Crippen LogP contribution in [0.3, 0.4) is 0 Å². The molecule has 0 atom stereocenters. The van der Waals surface area contributed by atoms with Gasteiger partial charge in [0, 0.05) is 13.1 Å². The Morgan fingerprint density at radius 1 is 1.22 bits per heavy atom. The molecule has 1 saturated carbocycles. The Morgan fingerprint density at radius 2 is 1.87 bits per heavy atom. The second-order valence-corrected chi connectivity index (χ2v) is 8.09. The highest BCUT2D eigenvalue weighted by molar-refractivity contribution is 7.89. The maximum Gasteiger partial charge on any atom is 0.240 e. The van der Waals surface area contributed by atoms with Gasteiger partial charge in [0.25, 0.3) is 0 Å². The van der Waals surface area contributed by atoms with Crippen LogP contribution in [-0.2, 0) is 10.0 Å². The predicted octanol–water partition coefficient (Wildman–Crippen LogP) is 1.35. The molecule has 1 aliphatic carbocycles. The normalized spacial score (nSPS) is 21.8. The number of nitrogens with zero attached hydrogens (tertiary/aromatic N) is 1. The number of nitrogens with one attached hydrogen (secondary N) is 1. The van der Waals surface area contributed by atoms with Crippen LogP contribution in [0.4, 0.5) is 0 Å². The summed E-state index contributed by atoms with van der Waals surface area (Å²) in [5.41, 5.74) is 11.6. The summed E-state index contributed by atoms with van der Waals surface area (Å²) in [7, 11) is -3.42. The minimum atomic E-state index is -3.42. The lowest BCUT2D eigenvalue weighted by Gasteiger charge is -2.27. The van der Waals surface area contributed by atoms with Gasteiger partial charge in [-0.25, -0.2) is 13.1 Å². The molecule has 0 amide bonds. The van der Waals surface area contributed by atoms with Crippen molar-refractivity contribution < 1.29 is 8.42 Å². The van der Waals surface area contributed by atoms with E-state index in [-0.39, 0.29) is 5.96 Å². The first-order chi connectivity index (χ1) is 10.9. The summed E-state index contributed by atoms with van der Waals surface area (Å²) < 4.78 is 27.4. The van der Waals surface area contributed by atoms with Gasteiger partial charge < -0.3 is 11.5 Å². The van der Waals surface area contributed by atoms with E-state index < -0.39 is 10.0 Å². The molecule has 23 heavy (non-hydrogen) atoms. The number of nitrogens with two attached hydrogens (primary N) is 2. The van der Waals surface area contributed by atoms with Gasteiger partial charge in [-0.1, -0.05) is 12.1 Å². The molecule has 1 aromatic carbocycles. The molecule has 0 spiro atoms. The predicted molar refractivity (Wildman–Crippen MR) is 92.5 cm³/mol.